The number of rotatable bonds is 9. The van der Waals surface area contributed by atoms with Crippen LogP contribution in [0.2, 0.25) is 5.02 Å². The van der Waals surface area contributed by atoms with Crippen molar-refractivity contribution >= 4 is 45.0 Å². The number of benzene rings is 2. The molecule has 1 amide bonds. The minimum Gasteiger partial charge on any atom is -0.353 e. The predicted octanol–water partition coefficient (Wildman–Crippen LogP) is 4.16. The fourth-order valence-corrected chi connectivity index (χ4v) is 5.19. The van der Waals surface area contributed by atoms with Crippen LogP contribution < -0.4 is 9.62 Å². The molecule has 0 aliphatic carbocycles. The monoisotopic (exact) mass is 454 g/mol. The van der Waals surface area contributed by atoms with Crippen molar-refractivity contribution in [1.82, 2.24) is 5.32 Å². The summed E-state index contributed by atoms with van der Waals surface area (Å²) in [6.07, 6.45) is 1.12. The van der Waals surface area contributed by atoms with Crippen LogP contribution >= 0.6 is 23.4 Å². The SMILES string of the molecule is Cc1ccc(C)c(N([C@H](C)C(=O)NCCSCc2cccc(Cl)c2)S(C)(=O)=O)c1. The molecule has 2 rings (SSSR count). The Hall–Kier alpha value is -1.70. The summed E-state index contributed by atoms with van der Waals surface area (Å²) in [5.41, 5.74) is 3.40. The summed E-state index contributed by atoms with van der Waals surface area (Å²) in [5.74, 6) is 1.19. The number of sulfonamides is 1. The highest BCUT2D eigenvalue weighted by atomic mass is 35.5. The van der Waals surface area contributed by atoms with Crippen molar-refractivity contribution in [3.8, 4) is 0 Å². The van der Waals surface area contributed by atoms with Gasteiger partial charge in [0.25, 0.3) is 0 Å². The van der Waals surface area contributed by atoms with Crippen LogP contribution in [0.25, 0.3) is 0 Å². The minimum absolute atomic E-state index is 0.320. The first-order valence-electron chi connectivity index (χ1n) is 9.26. The number of hydrogen-bond acceptors (Lipinski definition) is 4. The second kappa shape index (κ2) is 10.4. The first-order chi connectivity index (χ1) is 13.6. The van der Waals surface area contributed by atoms with Gasteiger partial charge in [-0.25, -0.2) is 8.42 Å². The normalized spacial score (nSPS) is 12.4. The van der Waals surface area contributed by atoms with Crippen molar-refractivity contribution in [3.05, 3.63) is 64.2 Å². The number of nitrogens with one attached hydrogen (secondary N) is 1. The van der Waals surface area contributed by atoms with E-state index in [4.69, 9.17) is 11.6 Å². The first kappa shape index (κ1) is 23.6. The minimum atomic E-state index is -3.62. The highest BCUT2D eigenvalue weighted by Crippen LogP contribution is 2.26. The second-order valence-electron chi connectivity index (χ2n) is 7.00. The Morgan fingerprint density at radius 3 is 2.59 bits per heavy atom. The molecule has 0 unspecified atom stereocenters. The second-order valence-corrected chi connectivity index (χ2v) is 10.4. The number of amides is 1. The molecule has 0 radical (unpaired) electrons. The van der Waals surface area contributed by atoms with E-state index in [9.17, 15) is 13.2 Å². The Labute approximate surface area is 182 Å². The Bertz CT molecular complexity index is 964. The van der Waals surface area contributed by atoms with E-state index in [1.165, 1.54) is 4.31 Å². The molecule has 1 N–H and O–H groups in total. The van der Waals surface area contributed by atoms with Gasteiger partial charge < -0.3 is 5.32 Å². The van der Waals surface area contributed by atoms with Crippen molar-refractivity contribution in [2.75, 3.05) is 22.9 Å². The summed E-state index contributed by atoms with van der Waals surface area (Å²) in [6.45, 7) is 5.80. The Morgan fingerprint density at radius 1 is 1.21 bits per heavy atom. The quantitative estimate of drug-likeness (QED) is 0.577. The molecule has 0 aliphatic heterocycles. The lowest BCUT2D eigenvalue weighted by atomic mass is 10.1. The molecule has 8 heteroatoms. The smallest absolute Gasteiger partial charge is 0.243 e. The first-order valence-corrected chi connectivity index (χ1v) is 12.6. The van der Waals surface area contributed by atoms with Gasteiger partial charge in [-0.05, 0) is 55.7 Å². The van der Waals surface area contributed by atoms with Crippen LogP contribution in [0.4, 0.5) is 5.69 Å². The molecule has 0 saturated heterocycles. The fourth-order valence-electron chi connectivity index (χ4n) is 2.95. The van der Waals surface area contributed by atoms with E-state index in [0.29, 0.717) is 23.0 Å². The zero-order chi connectivity index (χ0) is 21.6. The molecule has 0 heterocycles. The fraction of sp³-hybridized carbons (Fsp3) is 0.381. The van der Waals surface area contributed by atoms with E-state index in [1.807, 2.05) is 50.2 Å². The Morgan fingerprint density at radius 2 is 1.93 bits per heavy atom. The van der Waals surface area contributed by atoms with Crippen LogP contribution in [0.5, 0.6) is 0 Å². The average molecular weight is 455 g/mol. The molecule has 5 nitrogen and oxygen atoms in total. The number of hydrogen-bond donors (Lipinski definition) is 1. The van der Waals surface area contributed by atoms with E-state index >= 15 is 0 Å². The van der Waals surface area contributed by atoms with Crippen LogP contribution in [0, 0.1) is 13.8 Å². The average Bonchev–Trinajstić information content (AvgIpc) is 2.63. The number of nitrogens with zero attached hydrogens (tertiary/aromatic N) is 1. The lowest BCUT2D eigenvalue weighted by Crippen LogP contribution is -2.48. The van der Waals surface area contributed by atoms with E-state index in [-0.39, 0.29) is 5.91 Å². The maximum absolute atomic E-state index is 12.6. The summed E-state index contributed by atoms with van der Waals surface area (Å²) in [4.78, 5) is 12.6. The number of carbonyl (C=O) groups is 1. The van der Waals surface area contributed by atoms with Crippen molar-refractivity contribution in [2.24, 2.45) is 0 Å². The molecule has 0 aromatic heterocycles. The molecule has 0 spiro atoms. The van der Waals surface area contributed by atoms with Crippen molar-refractivity contribution in [3.63, 3.8) is 0 Å². The standard InChI is InChI=1S/C21H27ClN2O3S2/c1-15-8-9-16(2)20(12-15)24(29(4,26)27)17(3)21(25)23-10-11-28-14-18-6-5-7-19(22)13-18/h5-9,12-13,17H,10-11,14H2,1-4H3,(H,23,25)/t17-/m1/s1. The molecule has 2 aromatic rings. The van der Waals surface area contributed by atoms with Crippen LogP contribution in [-0.2, 0) is 20.6 Å². The molecule has 158 valence electrons. The van der Waals surface area contributed by atoms with E-state index in [1.54, 1.807) is 24.8 Å². The molecule has 0 fully saturated rings. The van der Waals surface area contributed by atoms with Crippen molar-refractivity contribution in [1.29, 1.82) is 0 Å². The van der Waals surface area contributed by atoms with Gasteiger partial charge in [0.1, 0.15) is 6.04 Å². The van der Waals surface area contributed by atoms with Crippen LogP contribution in [-0.4, -0.2) is 38.9 Å². The lowest BCUT2D eigenvalue weighted by molar-refractivity contribution is -0.121. The molecule has 0 saturated carbocycles. The van der Waals surface area contributed by atoms with Gasteiger partial charge in [-0.2, -0.15) is 11.8 Å². The third-order valence-electron chi connectivity index (χ3n) is 4.39. The maximum atomic E-state index is 12.6. The van der Waals surface area contributed by atoms with Gasteiger partial charge in [-0.1, -0.05) is 35.9 Å². The zero-order valence-electron chi connectivity index (χ0n) is 17.1. The number of thioether (sulfide) groups is 1. The Balaban J connectivity index is 1.96. The van der Waals surface area contributed by atoms with Crippen molar-refractivity contribution < 1.29 is 13.2 Å². The predicted molar refractivity (Wildman–Crippen MR) is 123 cm³/mol. The molecule has 0 aliphatic rings. The molecule has 29 heavy (non-hydrogen) atoms. The zero-order valence-corrected chi connectivity index (χ0v) is 19.5. The number of halogens is 1. The number of carbonyl (C=O) groups excluding carboxylic acids is 1. The topological polar surface area (TPSA) is 66.5 Å². The van der Waals surface area contributed by atoms with E-state index in [0.717, 1.165) is 28.7 Å². The molecular weight excluding hydrogens is 428 g/mol. The highest BCUT2D eigenvalue weighted by molar-refractivity contribution is 7.98. The van der Waals surface area contributed by atoms with Gasteiger partial charge in [0.2, 0.25) is 15.9 Å². The summed E-state index contributed by atoms with van der Waals surface area (Å²) >= 11 is 7.66. The van der Waals surface area contributed by atoms with Crippen molar-refractivity contribution in [2.45, 2.75) is 32.6 Å². The molecule has 1 atom stereocenters. The third-order valence-corrected chi connectivity index (χ3v) is 6.89. The van der Waals surface area contributed by atoms with Crippen LogP contribution in [0.15, 0.2) is 42.5 Å². The lowest BCUT2D eigenvalue weighted by Gasteiger charge is -2.29. The third kappa shape index (κ3) is 6.94. The largest absolute Gasteiger partial charge is 0.353 e. The van der Waals surface area contributed by atoms with Gasteiger partial charge in [0.15, 0.2) is 0 Å². The van der Waals surface area contributed by atoms with E-state index in [2.05, 4.69) is 5.32 Å². The van der Waals surface area contributed by atoms with Crippen LogP contribution in [0.3, 0.4) is 0 Å². The van der Waals surface area contributed by atoms with Gasteiger partial charge in [-0.15, -0.1) is 0 Å². The summed E-state index contributed by atoms with van der Waals surface area (Å²) in [5, 5.41) is 3.55. The van der Waals surface area contributed by atoms with Gasteiger partial charge in [-0.3, -0.25) is 9.10 Å². The molecular formula is C21H27ClN2O3S2. The van der Waals surface area contributed by atoms with Gasteiger partial charge in [0.05, 0.1) is 11.9 Å². The molecule has 2 aromatic carbocycles. The summed E-state index contributed by atoms with van der Waals surface area (Å²) in [6, 6.07) is 12.4. The summed E-state index contributed by atoms with van der Waals surface area (Å²) < 4.78 is 26.1. The highest BCUT2D eigenvalue weighted by Gasteiger charge is 2.30. The maximum Gasteiger partial charge on any atom is 0.243 e. The van der Waals surface area contributed by atoms with Gasteiger partial charge in [0, 0.05) is 23.1 Å². The number of anilines is 1. The Kier molecular flexibility index (Phi) is 8.43. The number of aryl methyl sites for hydroxylation is 2. The summed E-state index contributed by atoms with van der Waals surface area (Å²) in [7, 11) is -3.62. The van der Waals surface area contributed by atoms with Crippen LogP contribution in [0.1, 0.15) is 23.6 Å². The van der Waals surface area contributed by atoms with Gasteiger partial charge >= 0.3 is 0 Å². The van der Waals surface area contributed by atoms with E-state index < -0.39 is 16.1 Å². The molecule has 0 bridgehead atoms.